The van der Waals surface area contributed by atoms with E-state index in [1.165, 1.54) is 0 Å². The zero-order valence-corrected chi connectivity index (χ0v) is 12.6. The number of ether oxygens (including phenoxy) is 1. The van der Waals surface area contributed by atoms with E-state index in [0.717, 1.165) is 28.2 Å². The van der Waals surface area contributed by atoms with E-state index in [0.29, 0.717) is 24.7 Å². The number of benzene rings is 1. The minimum atomic E-state index is -0.0845. The number of carbonyl (C=O) groups is 1. The number of rotatable bonds is 2. The van der Waals surface area contributed by atoms with Crippen molar-refractivity contribution in [1.29, 1.82) is 0 Å². The van der Waals surface area contributed by atoms with Gasteiger partial charge in [-0.3, -0.25) is 4.79 Å². The number of aliphatic imine (C=N–C) groups is 1. The van der Waals surface area contributed by atoms with Gasteiger partial charge in [0.2, 0.25) is 0 Å². The second-order valence-corrected chi connectivity index (χ2v) is 5.46. The van der Waals surface area contributed by atoms with Crippen LogP contribution in [0.25, 0.3) is 11.1 Å². The highest BCUT2D eigenvalue weighted by Gasteiger charge is 2.27. The molecular weight excluding hydrogens is 292 g/mol. The van der Waals surface area contributed by atoms with Crippen molar-refractivity contribution in [3.8, 4) is 0 Å². The maximum Gasteiger partial charge on any atom is 0.289 e. The van der Waals surface area contributed by atoms with Crippen molar-refractivity contribution in [3.05, 3.63) is 47.8 Å². The van der Waals surface area contributed by atoms with Crippen molar-refractivity contribution in [3.63, 3.8) is 0 Å². The predicted molar refractivity (Wildman–Crippen MR) is 90.2 cm³/mol. The van der Waals surface area contributed by atoms with Gasteiger partial charge in [-0.1, -0.05) is 0 Å². The Bertz CT molecular complexity index is 834. The number of H-pyrrole nitrogens is 1. The molecule has 0 atom stereocenters. The van der Waals surface area contributed by atoms with Crippen LogP contribution in [0.15, 0.2) is 41.5 Å². The van der Waals surface area contributed by atoms with Crippen LogP contribution < -0.4 is 10.6 Å². The van der Waals surface area contributed by atoms with Crippen LogP contribution in [0.5, 0.6) is 0 Å². The van der Waals surface area contributed by atoms with Crippen LogP contribution in [0, 0.1) is 0 Å². The molecule has 0 unspecified atom stereocenters. The molecule has 0 fully saturated rings. The Morgan fingerprint density at radius 1 is 1.35 bits per heavy atom. The molecular formula is C17H16N4O2. The molecule has 2 aliphatic rings. The van der Waals surface area contributed by atoms with Crippen molar-refractivity contribution >= 4 is 34.4 Å². The van der Waals surface area contributed by atoms with Crippen LogP contribution in [-0.2, 0) is 9.53 Å². The Hall–Kier alpha value is -3.02. The Kier molecular flexibility index (Phi) is 3.15. The van der Waals surface area contributed by atoms with Gasteiger partial charge in [0.25, 0.3) is 11.9 Å². The number of amidine groups is 1. The lowest BCUT2D eigenvalue weighted by Crippen LogP contribution is -2.11. The van der Waals surface area contributed by atoms with Gasteiger partial charge < -0.3 is 20.4 Å². The molecule has 2 aliphatic heterocycles. The summed E-state index contributed by atoms with van der Waals surface area (Å²) in [4.78, 5) is 19.7. The molecule has 1 amide bonds. The number of hydrogen-bond donors (Lipinski definition) is 3. The Morgan fingerprint density at radius 2 is 2.26 bits per heavy atom. The largest absolute Gasteiger partial charge is 0.463 e. The topological polar surface area (TPSA) is 78.5 Å². The van der Waals surface area contributed by atoms with E-state index >= 15 is 0 Å². The number of fused-ring (bicyclic) bond motifs is 1. The zero-order valence-electron chi connectivity index (χ0n) is 12.6. The summed E-state index contributed by atoms with van der Waals surface area (Å²) >= 11 is 0. The molecule has 3 N–H and O–H groups in total. The third-order valence-electron chi connectivity index (χ3n) is 3.98. The number of carbonyl (C=O) groups excluding carboxylic acids is 1. The second kappa shape index (κ2) is 5.31. The monoisotopic (exact) mass is 308 g/mol. The maximum absolute atomic E-state index is 12.4. The number of allylic oxidation sites excluding steroid dienone is 1. The van der Waals surface area contributed by atoms with Crippen LogP contribution in [0.3, 0.4) is 0 Å². The van der Waals surface area contributed by atoms with E-state index in [1.807, 2.05) is 43.5 Å². The highest BCUT2D eigenvalue weighted by molar-refractivity contribution is 6.36. The minimum Gasteiger partial charge on any atom is -0.463 e. The molecule has 1 aromatic heterocycles. The Balaban J connectivity index is 1.75. The standard InChI is InChI=1S/C17H16N4O2/c1-10(13-3-2-6-18-13)15-12-9-11(20-17-19-7-8-23-17)4-5-14(12)21-16(15)22/h2-6,9,18H,7-8H2,1H3,(H,19,20)(H,21,22). The molecule has 6 heteroatoms. The highest BCUT2D eigenvalue weighted by atomic mass is 16.5. The van der Waals surface area contributed by atoms with Gasteiger partial charge in [0.1, 0.15) is 6.61 Å². The van der Waals surface area contributed by atoms with Gasteiger partial charge >= 0.3 is 0 Å². The summed E-state index contributed by atoms with van der Waals surface area (Å²) in [5, 5.41) is 6.05. The van der Waals surface area contributed by atoms with Crippen LogP contribution in [0.4, 0.5) is 11.4 Å². The van der Waals surface area contributed by atoms with Gasteiger partial charge in [-0.2, -0.15) is 0 Å². The van der Waals surface area contributed by atoms with Crippen molar-refractivity contribution in [2.75, 3.05) is 23.8 Å². The summed E-state index contributed by atoms with van der Waals surface area (Å²) in [7, 11) is 0. The lowest BCUT2D eigenvalue weighted by atomic mass is 9.99. The fourth-order valence-electron chi connectivity index (χ4n) is 2.85. The molecule has 0 radical (unpaired) electrons. The lowest BCUT2D eigenvalue weighted by Gasteiger charge is -2.08. The first-order valence-corrected chi connectivity index (χ1v) is 7.47. The third kappa shape index (κ3) is 2.38. The molecule has 1 aromatic carbocycles. The van der Waals surface area contributed by atoms with Gasteiger partial charge in [0.05, 0.1) is 12.1 Å². The van der Waals surface area contributed by atoms with E-state index in [4.69, 9.17) is 4.74 Å². The van der Waals surface area contributed by atoms with Crippen molar-refractivity contribution in [2.24, 2.45) is 4.99 Å². The summed E-state index contributed by atoms with van der Waals surface area (Å²) in [6, 6.07) is 10.1. The number of nitrogens with one attached hydrogen (secondary N) is 3. The number of amides is 1. The van der Waals surface area contributed by atoms with E-state index in [2.05, 4.69) is 20.6 Å². The van der Waals surface area contributed by atoms with Crippen molar-refractivity contribution in [2.45, 2.75) is 6.92 Å². The Labute approximate surface area is 133 Å². The molecule has 4 rings (SSSR count). The molecule has 0 bridgehead atoms. The molecule has 116 valence electrons. The molecule has 23 heavy (non-hydrogen) atoms. The number of nitrogens with zero attached hydrogens (tertiary/aromatic N) is 1. The van der Waals surface area contributed by atoms with E-state index in [9.17, 15) is 4.79 Å². The van der Waals surface area contributed by atoms with Gasteiger partial charge in [0.15, 0.2) is 0 Å². The third-order valence-corrected chi connectivity index (χ3v) is 3.98. The molecule has 2 aromatic rings. The fraction of sp³-hybridized carbons (Fsp3) is 0.176. The van der Waals surface area contributed by atoms with E-state index < -0.39 is 0 Å². The van der Waals surface area contributed by atoms with E-state index in [-0.39, 0.29) is 5.91 Å². The number of aromatic amines is 1. The normalized spacial score (nSPS) is 18.1. The average Bonchev–Trinajstić information content (AvgIpc) is 3.27. The van der Waals surface area contributed by atoms with Crippen LogP contribution in [-0.4, -0.2) is 30.1 Å². The number of anilines is 2. The number of aromatic nitrogens is 1. The molecule has 6 nitrogen and oxygen atoms in total. The zero-order chi connectivity index (χ0) is 15.8. The fourth-order valence-corrected chi connectivity index (χ4v) is 2.85. The molecule has 0 spiro atoms. The predicted octanol–water partition coefficient (Wildman–Crippen LogP) is 2.70. The summed E-state index contributed by atoms with van der Waals surface area (Å²) in [5.74, 6) is -0.0845. The number of hydrogen-bond acceptors (Lipinski definition) is 4. The van der Waals surface area contributed by atoms with Crippen molar-refractivity contribution in [1.82, 2.24) is 4.98 Å². The van der Waals surface area contributed by atoms with Gasteiger partial charge in [0, 0.05) is 28.8 Å². The average molecular weight is 308 g/mol. The molecule has 0 aliphatic carbocycles. The summed E-state index contributed by atoms with van der Waals surface area (Å²) < 4.78 is 5.37. The molecule has 0 saturated carbocycles. The lowest BCUT2D eigenvalue weighted by molar-refractivity contribution is -0.110. The maximum atomic E-state index is 12.4. The quantitative estimate of drug-likeness (QED) is 0.746. The highest BCUT2D eigenvalue weighted by Crippen LogP contribution is 2.38. The summed E-state index contributed by atoms with van der Waals surface area (Å²) in [6.45, 7) is 3.22. The van der Waals surface area contributed by atoms with Crippen LogP contribution >= 0.6 is 0 Å². The van der Waals surface area contributed by atoms with Gasteiger partial charge in [-0.15, -0.1) is 0 Å². The second-order valence-electron chi connectivity index (χ2n) is 5.46. The first kappa shape index (κ1) is 13.6. The van der Waals surface area contributed by atoms with E-state index in [1.54, 1.807) is 0 Å². The molecule has 3 heterocycles. The first-order chi connectivity index (χ1) is 11.2. The minimum absolute atomic E-state index is 0.0845. The Morgan fingerprint density at radius 3 is 3.00 bits per heavy atom. The van der Waals surface area contributed by atoms with Gasteiger partial charge in [-0.25, -0.2) is 4.99 Å². The summed E-state index contributed by atoms with van der Waals surface area (Å²) in [6.07, 6.45) is 1.85. The van der Waals surface area contributed by atoms with Gasteiger partial charge in [-0.05, 0) is 42.8 Å². The van der Waals surface area contributed by atoms with Crippen LogP contribution in [0.1, 0.15) is 18.2 Å². The summed E-state index contributed by atoms with van der Waals surface area (Å²) in [5.41, 5.74) is 5.07. The SMILES string of the molecule is CC(=C1C(=O)Nc2ccc(NC3=NCCO3)cc21)c1ccc[nH]1. The first-order valence-electron chi connectivity index (χ1n) is 7.47. The smallest absolute Gasteiger partial charge is 0.289 e. The molecule has 0 saturated heterocycles. The van der Waals surface area contributed by atoms with Crippen molar-refractivity contribution < 1.29 is 9.53 Å². The van der Waals surface area contributed by atoms with Crippen LogP contribution in [0.2, 0.25) is 0 Å².